The third kappa shape index (κ3) is 2.80. The molecule has 1 aromatic rings. The molecule has 3 atom stereocenters. The Morgan fingerprint density at radius 2 is 2.12 bits per heavy atom. The number of benzene rings is 1. The van der Waals surface area contributed by atoms with Gasteiger partial charge in [-0.15, -0.1) is 0 Å². The van der Waals surface area contributed by atoms with Crippen LogP contribution in [0.15, 0.2) is 17.0 Å². The molecule has 2 aliphatic carbocycles. The summed E-state index contributed by atoms with van der Waals surface area (Å²) < 4.78 is 33.5. The third-order valence-electron chi connectivity index (χ3n) is 5.62. The fraction of sp³-hybridized carbons (Fsp3) is 0.588. The highest BCUT2D eigenvalue weighted by Crippen LogP contribution is 2.48. The van der Waals surface area contributed by atoms with E-state index in [-0.39, 0.29) is 17.4 Å². The highest BCUT2D eigenvalue weighted by Gasteiger charge is 2.39. The van der Waals surface area contributed by atoms with Gasteiger partial charge in [0, 0.05) is 6.54 Å². The molecule has 1 aliphatic heterocycles. The van der Waals surface area contributed by atoms with E-state index in [0.29, 0.717) is 35.4 Å². The molecule has 7 heteroatoms. The molecule has 24 heavy (non-hydrogen) atoms. The summed E-state index contributed by atoms with van der Waals surface area (Å²) in [5.74, 6) is 2.17. The first-order valence-electron chi connectivity index (χ1n) is 8.49. The van der Waals surface area contributed by atoms with E-state index in [1.54, 1.807) is 13.0 Å². The van der Waals surface area contributed by atoms with Crippen LogP contribution in [0.1, 0.15) is 31.2 Å². The lowest BCUT2D eigenvalue weighted by molar-refractivity contribution is -0.118. The van der Waals surface area contributed by atoms with E-state index in [0.717, 1.165) is 12.3 Å². The number of sulfonamides is 1. The monoisotopic (exact) mass is 350 g/mol. The molecule has 0 spiro atoms. The first-order chi connectivity index (χ1) is 11.4. The lowest BCUT2D eigenvalue weighted by Gasteiger charge is -2.23. The van der Waals surface area contributed by atoms with Crippen molar-refractivity contribution in [2.45, 2.75) is 37.5 Å². The smallest absolute Gasteiger partial charge is 0.262 e. The van der Waals surface area contributed by atoms with Crippen LogP contribution in [0.3, 0.4) is 0 Å². The lowest BCUT2D eigenvalue weighted by Crippen LogP contribution is -2.32. The van der Waals surface area contributed by atoms with E-state index in [2.05, 4.69) is 10.0 Å². The summed E-state index contributed by atoms with van der Waals surface area (Å²) in [6.45, 7) is 2.20. The average Bonchev–Trinajstić information content (AvgIpc) is 3.15. The Morgan fingerprint density at radius 3 is 2.83 bits per heavy atom. The number of anilines is 1. The number of rotatable bonds is 4. The van der Waals surface area contributed by atoms with Crippen molar-refractivity contribution in [1.29, 1.82) is 0 Å². The number of aryl methyl sites for hydroxylation is 1. The molecule has 0 aromatic heterocycles. The molecule has 3 unspecified atom stereocenters. The predicted octanol–water partition coefficient (Wildman–Crippen LogP) is 2.04. The van der Waals surface area contributed by atoms with Crippen LogP contribution in [0.25, 0.3) is 0 Å². The minimum Gasteiger partial charge on any atom is -0.482 e. The molecule has 6 nitrogen and oxygen atoms in total. The fourth-order valence-corrected chi connectivity index (χ4v) is 5.76. The molecule has 2 bridgehead atoms. The second-order valence-corrected chi connectivity index (χ2v) is 8.97. The van der Waals surface area contributed by atoms with Crippen molar-refractivity contribution in [2.24, 2.45) is 17.8 Å². The summed E-state index contributed by atoms with van der Waals surface area (Å²) in [5.41, 5.74) is 1.03. The zero-order valence-electron chi connectivity index (χ0n) is 13.7. The number of amides is 1. The number of nitrogens with one attached hydrogen (secondary N) is 2. The van der Waals surface area contributed by atoms with Crippen LogP contribution in [-0.2, 0) is 14.8 Å². The molecule has 2 fully saturated rings. The van der Waals surface area contributed by atoms with Gasteiger partial charge in [0.05, 0.1) is 10.6 Å². The van der Waals surface area contributed by atoms with Crippen molar-refractivity contribution in [1.82, 2.24) is 4.72 Å². The zero-order valence-corrected chi connectivity index (χ0v) is 14.5. The van der Waals surface area contributed by atoms with Crippen LogP contribution in [0.2, 0.25) is 0 Å². The molecule has 0 saturated heterocycles. The van der Waals surface area contributed by atoms with Gasteiger partial charge in [-0.3, -0.25) is 4.79 Å². The standard InChI is InChI=1S/C17H22N2O4S/c1-10-4-15-14(19-17(20)9-23-15)7-16(10)24(21,22)18-8-13-6-11-2-3-12(13)5-11/h4,7,11-13,18H,2-3,5-6,8-9H2,1H3,(H,19,20). The molecule has 3 aliphatic rings. The number of hydrogen-bond acceptors (Lipinski definition) is 4. The summed E-state index contributed by atoms with van der Waals surface area (Å²) in [5, 5.41) is 2.66. The Morgan fingerprint density at radius 1 is 1.29 bits per heavy atom. The maximum atomic E-state index is 12.7. The van der Waals surface area contributed by atoms with Gasteiger partial charge in [0.25, 0.3) is 5.91 Å². The SMILES string of the molecule is Cc1cc2c(cc1S(=O)(=O)NCC1CC3CCC1C3)NC(=O)CO2. The number of carbonyl (C=O) groups is 1. The van der Waals surface area contributed by atoms with Gasteiger partial charge in [-0.1, -0.05) is 6.42 Å². The quantitative estimate of drug-likeness (QED) is 0.870. The number of carbonyl (C=O) groups excluding carboxylic acids is 1. The van der Waals surface area contributed by atoms with Crippen LogP contribution in [0.5, 0.6) is 5.75 Å². The molecule has 1 amide bonds. The molecule has 1 aromatic carbocycles. The lowest BCUT2D eigenvalue weighted by atomic mass is 9.89. The summed E-state index contributed by atoms with van der Waals surface area (Å²) in [4.78, 5) is 11.6. The second-order valence-electron chi connectivity index (χ2n) is 7.24. The molecule has 1 heterocycles. The van der Waals surface area contributed by atoms with Crippen molar-refractivity contribution in [3.63, 3.8) is 0 Å². The van der Waals surface area contributed by atoms with Gasteiger partial charge in [0.1, 0.15) is 5.75 Å². The van der Waals surface area contributed by atoms with Crippen molar-refractivity contribution in [3.05, 3.63) is 17.7 Å². The minimum absolute atomic E-state index is 0.0407. The first-order valence-corrected chi connectivity index (χ1v) is 9.97. The summed E-state index contributed by atoms with van der Waals surface area (Å²) in [7, 11) is -3.60. The van der Waals surface area contributed by atoms with Gasteiger partial charge in [-0.05, 0) is 61.6 Å². The van der Waals surface area contributed by atoms with Gasteiger partial charge < -0.3 is 10.1 Å². The minimum atomic E-state index is -3.60. The van der Waals surface area contributed by atoms with Crippen LogP contribution in [0, 0.1) is 24.7 Å². The van der Waals surface area contributed by atoms with Crippen molar-refractivity contribution in [2.75, 3.05) is 18.5 Å². The maximum Gasteiger partial charge on any atom is 0.262 e. The van der Waals surface area contributed by atoms with Crippen molar-refractivity contribution >= 4 is 21.6 Å². The van der Waals surface area contributed by atoms with E-state index < -0.39 is 10.0 Å². The number of fused-ring (bicyclic) bond motifs is 3. The Labute approximate surface area is 142 Å². The molecule has 130 valence electrons. The van der Waals surface area contributed by atoms with Gasteiger partial charge in [-0.2, -0.15) is 0 Å². The van der Waals surface area contributed by atoms with E-state index in [1.807, 2.05) is 0 Å². The highest BCUT2D eigenvalue weighted by molar-refractivity contribution is 7.89. The first kappa shape index (κ1) is 15.9. The predicted molar refractivity (Wildman–Crippen MR) is 89.4 cm³/mol. The second kappa shape index (κ2) is 5.74. The highest BCUT2D eigenvalue weighted by atomic mass is 32.2. The number of ether oxygens (including phenoxy) is 1. The summed E-state index contributed by atoms with van der Waals surface area (Å²) in [6, 6.07) is 3.16. The summed E-state index contributed by atoms with van der Waals surface area (Å²) in [6.07, 6.45) is 4.93. The van der Waals surface area contributed by atoms with E-state index in [9.17, 15) is 13.2 Å². The Kier molecular flexibility index (Phi) is 3.80. The molecule has 2 saturated carbocycles. The molecular weight excluding hydrogens is 328 g/mol. The molecule has 4 rings (SSSR count). The number of hydrogen-bond donors (Lipinski definition) is 2. The van der Waals surface area contributed by atoms with Crippen LogP contribution >= 0.6 is 0 Å². The van der Waals surface area contributed by atoms with Gasteiger partial charge in [0.15, 0.2) is 6.61 Å². The summed E-state index contributed by atoms with van der Waals surface area (Å²) >= 11 is 0. The average molecular weight is 350 g/mol. The third-order valence-corrected chi connectivity index (χ3v) is 7.19. The van der Waals surface area contributed by atoms with Gasteiger partial charge >= 0.3 is 0 Å². The normalized spacial score (nSPS) is 28.4. The van der Waals surface area contributed by atoms with E-state index >= 15 is 0 Å². The molecule has 2 N–H and O–H groups in total. The van der Waals surface area contributed by atoms with Crippen molar-refractivity contribution in [3.8, 4) is 5.75 Å². The molecular formula is C17H22N2O4S. The van der Waals surface area contributed by atoms with Gasteiger partial charge in [-0.25, -0.2) is 13.1 Å². The largest absolute Gasteiger partial charge is 0.482 e. The van der Waals surface area contributed by atoms with Gasteiger partial charge in [0.2, 0.25) is 10.0 Å². The zero-order chi connectivity index (χ0) is 16.9. The van der Waals surface area contributed by atoms with E-state index in [4.69, 9.17) is 4.74 Å². The van der Waals surface area contributed by atoms with Crippen LogP contribution in [-0.4, -0.2) is 27.5 Å². The molecule has 0 radical (unpaired) electrons. The fourth-order valence-electron chi connectivity index (χ4n) is 4.42. The Balaban J connectivity index is 1.53. The Bertz CT molecular complexity index is 790. The van der Waals surface area contributed by atoms with Crippen LogP contribution < -0.4 is 14.8 Å². The van der Waals surface area contributed by atoms with Crippen LogP contribution in [0.4, 0.5) is 5.69 Å². The van der Waals surface area contributed by atoms with E-state index in [1.165, 1.54) is 25.3 Å². The topological polar surface area (TPSA) is 84.5 Å². The van der Waals surface area contributed by atoms with Crippen molar-refractivity contribution < 1.29 is 17.9 Å². The Hall–Kier alpha value is -1.60. The maximum absolute atomic E-state index is 12.7.